The summed E-state index contributed by atoms with van der Waals surface area (Å²) >= 11 is 0. The summed E-state index contributed by atoms with van der Waals surface area (Å²) < 4.78 is 5.80. The highest BCUT2D eigenvalue weighted by molar-refractivity contribution is 5.78. The van der Waals surface area contributed by atoms with E-state index in [1.807, 2.05) is 12.2 Å². The summed E-state index contributed by atoms with van der Waals surface area (Å²) in [6, 6.07) is -0.737. The van der Waals surface area contributed by atoms with Crippen LogP contribution in [0.3, 0.4) is 0 Å². The first-order chi connectivity index (χ1) is 28.5. The molecule has 6 nitrogen and oxygen atoms in total. The molecular weight excluding hydrogens is 719 g/mol. The Morgan fingerprint density at radius 3 is 1.57 bits per heavy atom. The van der Waals surface area contributed by atoms with Gasteiger partial charge in [0.25, 0.3) is 0 Å². The van der Waals surface area contributed by atoms with Gasteiger partial charge in [0.2, 0.25) is 5.91 Å². The maximum atomic E-state index is 13.1. The van der Waals surface area contributed by atoms with Crippen molar-refractivity contribution in [2.45, 2.75) is 251 Å². The lowest BCUT2D eigenvalue weighted by atomic mass is 10.0. The molecule has 0 radical (unpaired) electrons. The molecule has 0 aromatic carbocycles. The van der Waals surface area contributed by atoms with Gasteiger partial charge in [-0.2, -0.15) is 0 Å². The molecule has 0 rings (SSSR count). The fourth-order valence-corrected chi connectivity index (χ4v) is 7.16. The molecular formula is C52H93NO5. The van der Waals surface area contributed by atoms with Gasteiger partial charge in [0, 0.05) is 6.42 Å². The van der Waals surface area contributed by atoms with Crippen molar-refractivity contribution in [3.63, 3.8) is 0 Å². The molecule has 0 aromatic rings. The van der Waals surface area contributed by atoms with E-state index < -0.39 is 18.2 Å². The highest BCUT2D eigenvalue weighted by Gasteiger charge is 2.23. The fraction of sp³-hybridized carbons (Fsp3) is 0.769. The molecule has 58 heavy (non-hydrogen) atoms. The SMILES string of the molecule is CC/C=C/C=C/C=C\CCCCCCCC(=O)OC(/C=C/C/C=C\CCCCCCCC)CC(=O)NC(CO)C(O)CCCCCCCCCCCCCCCCC. The second-order valence-electron chi connectivity index (χ2n) is 16.5. The van der Waals surface area contributed by atoms with Gasteiger partial charge in [0.15, 0.2) is 0 Å². The molecule has 0 saturated carbocycles. The van der Waals surface area contributed by atoms with Gasteiger partial charge >= 0.3 is 5.97 Å². The van der Waals surface area contributed by atoms with Crippen LogP contribution in [0, 0.1) is 0 Å². The molecule has 3 N–H and O–H groups in total. The maximum Gasteiger partial charge on any atom is 0.306 e. The number of rotatable bonds is 43. The standard InChI is InChI=1S/C52H93NO5/c1-4-7-10-13-16-19-22-24-25-27-29-32-35-38-41-44-50(55)49(47-54)53-51(56)46-48(43-40-37-34-31-28-21-18-15-12-9-6-3)58-52(57)45-42-39-36-33-30-26-23-20-17-14-11-8-5-2/h8,11,14,17,20,23,31,34,40,43,48-50,54-55H,4-7,9-10,12-13,15-16,18-19,21-22,24-30,32-33,35-39,41-42,44-47H2,1-3H3,(H,53,56)/b11-8+,17-14+,23-20-,34-31-,43-40+. The van der Waals surface area contributed by atoms with Crippen LogP contribution < -0.4 is 5.32 Å². The van der Waals surface area contributed by atoms with E-state index in [1.165, 1.54) is 116 Å². The van der Waals surface area contributed by atoms with Gasteiger partial charge < -0.3 is 20.3 Å². The summed E-state index contributed by atoms with van der Waals surface area (Å²) in [6.45, 7) is 6.30. The number of nitrogens with one attached hydrogen (secondary N) is 1. The molecule has 3 unspecified atom stereocenters. The second-order valence-corrected chi connectivity index (χ2v) is 16.5. The van der Waals surface area contributed by atoms with Crippen molar-refractivity contribution >= 4 is 11.9 Å². The van der Waals surface area contributed by atoms with Crippen LogP contribution in [0.2, 0.25) is 0 Å². The summed E-state index contributed by atoms with van der Waals surface area (Å²) in [4.78, 5) is 26.0. The van der Waals surface area contributed by atoms with Gasteiger partial charge in [-0.15, -0.1) is 0 Å². The van der Waals surface area contributed by atoms with Crippen molar-refractivity contribution in [2.24, 2.45) is 0 Å². The van der Waals surface area contributed by atoms with Crippen LogP contribution in [0.25, 0.3) is 0 Å². The topological polar surface area (TPSA) is 95.9 Å². The summed E-state index contributed by atoms with van der Waals surface area (Å²) in [6.07, 6.45) is 56.0. The van der Waals surface area contributed by atoms with Gasteiger partial charge in [-0.1, -0.05) is 223 Å². The smallest absolute Gasteiger partial charge is 0.306 e. The van der Waals surface area contributed by atoms with Gasteiger partial charge in [0.1, 0.15) is 6.10 Å². The lowest BCUT2D eigenvalue weighted by molar-refractivity contribution is -0.148. The average Bonchev–Trinajstić information content (AvgIpc) is 3.22. The largest absolute Gasteiger partial charge is 0.458 e. The van der Waals surface area contributed by atoms with Crippen LogP contribution >= 0.6 is 0 Å². The van der Waals surface area contributed by atoms with Crippen LogP contribution in [0.5, 0.6) is 0 Å². The molecule has 0 fully saturated rings. The number of ether oxygens (including phenoxy) is 1. The lowest BCUT2D eigenvalue weighted by Gasteiger charge is -2.23. The molecule has 0 aliphatic carbocycles. The number of carbonyl (C=O) groups is 2. The number of esters is 1. The van der Waals surface area contributed by atoms with Gasteiger partial charge in [-0.3, -0.25) is 9.59 Å². The third-order valence-electron chi connectivity index (χ3n) is 10.9. The van der Waals surface area contributed by atoms with Crippen molar-refractivity contribution in [2.75, 3.05) is 6.61 Å². The van der Waals surface area contributed by atoms with Gasteiger partial charge in [-0.05, 0) is 57.4 Å². The number of amides is 1. The van der Waals surface area contributed by atoms with Crippen molar-refractivity contribution in [1.29, 1.82) is 0 Å². The predicted octanol–water partition coefficient (Wildman–Crippen LogP) is 14.5. The fourth-order valence-electron chi connectivity index (χ4n) is 7.16. The minimum atomic E-state index is -0.815. The minimum absolute atomic E-state index is 0.0382. The zero-order valence-corrected chi connectivity index (χ0v) is 38.2. The normalized spacial score (nSPS) is 13.8. The predicted molar refractivity (Wildman–Crippen MR) is 250 cm³/mol. The molecule has 0 heterocycles. The third kappa shape index (κ3) is 40.3. The van der Waals surface area contributed by atoms with Crippen molar-refractivity contribution in [1.82, 2.24) is 5.32 Å². The number of aliphatic hydroxyl groups excluding tert-OH is 2. The van der Waals surface area contributed by atoms with Crippen molar-refractivity contribution in [3.05, 3.63) is 60.8 Å². The Morgan fingerprint density at radius 2 is 1.03 bits per heavy atom. The Balaban J connectivity index is 4.63. The zero-order chi connectivity index (χ0) is 42.4. The lowest BCUT2D eigenvalue weighted by Crippen LogP contribution is -2.46. The van der Waals surface area contributed by atoms with Crippen LogP contribution in [0.4, 0.5) is 0 Å². The molecule has 1 amide bonds. The van der Waals surface area contributed by atoms with E-state index in [0.717, 1.165) is 70.6 Å². The number of hydrogen-bond donors (Lipinski definition) is 3. The Kier molecular flexibility index (Phi) is 43.7. The summed E-state index contributed by atoms with van der Waals surface area (Å²) in [5.41, 5.74) is 0. The number of hydrogen-bond acceptors (Lipinski definition) is 5. The third-order valence-corrected chi connectivity index (χ3v) is 10.9. The molecule has 6 heteroatoms. The zero-order valence-electron chi connectivity index (χ0n) is 38.2. The molecule has 336 valence electrons. The molecule has 0 aromatic heterocycles. The first kappa shape index (κ1) is 55.6. The molecule has 0 bridgehead atoms. The van der Waals surface area contributed by atoms with Gasteiger partial charge in [0.05, 0.1) is 25.2 Å². The second kappa shape index (κ2) is 45.6. The first-order valence-electron chi connectivity index (χ1n) is 24.6. The van der Waals surface area contributed by atoms with Crippen LogP contribution in [0.1, 0.15) is 233 Å². The van der Waals surface area contributed by atoms with E-state index >= 15 is 0 Å². The Hall–Kier alpha value is -2.44. The van der Waals surface area contributed by atoms with E-state index in [4.69, 9.17) is 4.74 Å². The van der Waals surface area contributed by atoms with E-state index in [1.54, 1.807) is 0 Å². The number of carbonyl (C=O) groups excluding carboxylic acids is 2. The van der Waals surface area contributed by atoms with Crippen molar-refractivity contribution < 1.29 is 24.5 Å². The molecule has 0 spiro atoms. The average molecular weight is 812 g/mol. The maximum absolute atomic E-state index is 13.1. The first-order valence-corrected chi connectivity index (χ1v) is 24.6. The summed E-state index contributed by atoms with van der Waals surface area (Å²) in [5.74, 6) is -0.627. The van der Waals surface area contributed by atoms with Crippen molar-refractivity contribution in [3.8, 4) is 0 Å². The summed E-state index contributed by atoms with van der Waals surface area (Å²) in [7, 11) is 0. The van der Waals surface area contributed by atoms with Crippen LogP contribution in [0.15, 0.2) is 60.8 Å². The van der Waals surface area contributed by atoms with E-state index in [-0.39, 0.29) is 24.9 Å². The van der Waals surface area contributed by atoms with E-state index in [2.05, 4.69) is 74.7 Å². The van der Waals surface area contributed by atoms with Crippen LogP contribution in [-0.2, 0) is 14.3 Å². The minimum Gasteiger partial charge on any atom is -0.458 e. The van der Waals surface area contributed by atoms with Gasteiger partial charge in [-0.25, -0.2) is 0 Å². The molecule has 0 saturated heterocycles. The Bertz CT molecular complexity index is 1050. The highest BCUT2D eigenvalue weighted by atomic mass is 16.5. The van der Waals surface area contributed by atoms with Crippen LogP contribution in [-0.4, -0.2) is 46.9 Å². The molecule has 0 aliphatic heterocycles. The number of allylic oxidation sites excluding steroid dienone is 9. The molecule has 3 atom stereocenters. The molecule has 0 aliphatic rings. The monoisotopic (exact) mass is 812 g/mol. The quantitative estimate of drug-likeness (QED) is 0.0247. The van der Waals surface area contributed by atoms with E-state index in [0.29, 0.717) is 19.3 Å². The number of aliphatic hydroxyl groups is 2. The van der Waals surface area contributed by atoms with E-state index in [9.17, 15) is 19.8 Å². The Morgan fingerprint density at radius 1 is 0.552 bits per heavy atom. The summed E-state index contributed by atoms with van der Waals surface area (Å²) in [5, 5.41) is 23.7. The Labute approximate surface area is 358 Å². The number of unbranched alkanes of at least 4 members (excludes halogenated alkanes) is 25. The highest BCUT2D eigenvalue weighted by Crippen LogP contribution is 2.16.